The first kappa shape index (κ1) is 86.6. The fourth-order valence-electron chi connectivity index (χ4n) is 16.0. The van der Waals surface area contributed by atoms with Crippen molar-refractivity contribution in [2.24, 2.45) is 34.3 Å². The molecule has 9 rings (SSSR count). The van der Waals surface area contributed by atoms with Crippen LogP contribution in [-0.4, -0.2) is 211 Å². The number of alkyl carbamates (subject to hydrolysis) is 1. The molecule has 2 heterocycles. The highest BCUT2D eigenvalue weighted by molar-refractivity contribution is 6.02. The molecule has 3 aromatic carbocycles. The van der Waals surface area contributed by atoms with Crippen LogP contribution in [-0.2, 0) is 94.2 Å². The van der Waals surface area contributed by atoms with E-state index in [0.29, 0.717) is 43.9 Å². The summed E-state index contributed by atoms with van der Waals surface area (Å²) in [6, 6.07) is 18.9. The van der Waals surface area contributed by atoms with E-state index in [-0.39, 0.29) is 128 Å². The molecule has 1 saturated heterocycles. The van der Waals surface area contributed by atoms with Gasteiger partial charge in [0.1, 0.15) is 44.7 Å². The number of ketones is 2. The highest BCUT2D eigenvalue weighted by Gasteiger charge is 2.80. The summed E-state index contributed by atoms with van der Waals surface area (Å²) in [7, 11) is 0. The van der Waals surface area contributed by atoms with Crippen LogP contribution in [0.3, 0.4) is 0 Å². The van der Waals surface area contributed by atoms with Gasteiger partial charge in [0.15, 0.2) is 29.1 Å². The number of carbonyl (C=O) groups is 11. The number of benzene rings is 3. The van der Waals surface area contributed by atoms with Gasteiger partial charge in [-0.25, -0.2) is 18.4 Å². The Bertz CT molecular complexity index is 3960. The number of hydrogen-bond acceptors (Lipinski definition) is 20. The molecule has 610 valence electrons. The highest BCUT2D eigenvalue weighted by atomic mass is 19.1. The molecule has 32 heteroatoms. The summed E-state index contributed by atoms with van der Waals surface area (Å²) in [5.41, 5.74) is 3.91. The molecule has 4 fully saturated rings. The lowest BCUT2D eigenvalue weighted by Crippen LogP contribution is -2.71. The number of fused-ring (bicyclic) bond motifs is 9. The number of nitrogens with two attached hydrogens (primary N) is 1. The SMILES string of the molecule is CCCC1O[C@@H]2C[C@H]3[C@@H]4C[C@H](F)C5=CC(=O)C=C[C@]5(C)[C@@]4(F)[C@@H](O)C[C@]3(C)[C@]2(C(=O)COCNC(=O)CNC(=O)CNC(=O)OCc2ccc(NC(=O)[C@H](CCCNC(N)=O)NC(=O)[C@@H](NC(=O)CCOCCOCCOCCOCCNC(=O)CCC(=O)N3Cc4ccccc4/C=C(/C)c4ccccc43)C(C)C)cc2)O1. The maximum Gasteiger partial charge on any atom is 0.407 e. The summed E-state index contributed by atoms with van der Waals surface area (Å²) in [6.45, 7) is 10.8. The van der Waals surface area contributed by atoms with E-state index in [1.807, 2.05) is 62.4 Å². The minimum atomic E-state index is -2.38. The van der Waals surface area contributed by atoms with Gasteiger partial charge in [-0.3, -0.25) is 43.2 Å². The van der Waals surface area contributed by atoms with E-state index in [1.165, 1.54) is 31.2 Å². The fourth-order valence-corrected chi connectivity index (χ4v) is 16.0. The molecule has 0 aromatic heterocycles. The van der Waals surface area contributed by atoms with Gasteiger partial charge in [-0.2, -0.15) is 0 Å². The largest absolute Gasteiger partial charge is 0.445 e. The number of amides is 10. The molecule has 112 heavy (non-hydrogen) atoms. The number of rotatable bonds is 41. The molecule has 6 aliphatic rings. The highest BCUT2D eigenvalue weighted by Crippen LogP contribution is 2.72. The summed E-state index contributed by atoms with van der Waals surface area (Å²) in [4.78, 5) is 145. The number of hydrogen-bond donors (Lipinski definition) is 10. The van der Waals surface area contributed by atoms with Gasteiger partial charge in [0.25, 0.3) is 0 Å². The number of aliphatic hydroxyl groups is 1. The molecule has 3 saturated carbocycles. The normalized spacial score (nSPS) is 24.9. The van der Waals surface area contributed by atoms with Crippen LogP contribution in [0.4, 0.5) is 29.7 Å². The number of para-hydroxylation sites is 1. The Morgan fingerprint density at radius 1 is 0.723 bits per heavy atom. The number of carbonyl (C=O) groups excluding carboxylic acids is 11. The van der Waals surface area contributed by atoms with E-state index in [2.05, 4.69) is 48.6 Å². The standard InChI is InChI=1S/C80H106F2N10O20/c1-7-13-71-111-65-41-57-58-40-60(81)59-39-55(93)25-27-77(59,5)79(58,82)63(94)42-78(57,6)80(65,112-71)64(95)47-109-48-88-69(99)43-86-68(98)44-87-76(104)110-46-51-19-21-54(22-20-51)89-73(101)61(17-12-28-85-75(83)103)90-74(102)72(49(2)3)91-67(97)26-30-105-32-34-107-36-37-108-35-33-106-31-29-84-66(96)23-24-70(100)92-45-53-15-9-8-14-52(53)38-50(4)56-16-10-11-18-62(56)92/h8-11,14-16,18-22,25,27,38-39,49,57-58,60-61,63,65,71-72,94H,7,12-13,17,23-24,26,28-37,40-48H2,1-6H3,(H,84,96)(H,86,98)(H,87,104)(H,88,99)(H,89,101)(H,90,102)(H,91,97)(H3,83,85,103)/b50-38-/t57-,58-,60-,61-,63-,65+,71?,72-,77-,78-,79-,80+/m0/s1. The van der Waals surface area contributed by atoms with Gasteiger partial charge in [-0.1, -0.05) is 101 Å². The van der Waals surface area contributed by atoms with E-state index < -0.39 is 156 Å². The monoisotopic (exact) mass is 1560 g/mol. The van der Waals surface area contributed by atoms with Crippen molar-refractivity contribution in [1.29, 1.82) is 0 Å². The summed E-state index contributed by atoms with van der Waals surface area (Å²) in [5.74, 6) is -6.80. The Hall–Kier alpha value is -9.41. The molecule has 1 unspecified atom stereocenters. The van der Waals surface area contributed by atoms with Crippen LogP contribution < -0.4 is 53.2 Å². The molecule has 3 aromatic rings. The average Bonchev–Trinajstić information content (AvgIpc) is 1.37. The number of urea groups is 1. The first-order valence-corrected chi connectivity index (χ1v) is 38.2. The van der Waals surface area contributed by atoms with Crippen molar-refractivity contribution in [3.8, 4) is 0 Å². The molecule has 11 N–H and O–H groups in total. The molecule has 2 aliphatic heterocycles. The summed E-state index contributed by atoms with van der Waals surface area (Å²) < 4.78 is 80.0. The molecule has 30 nitrogen and oxygen atoms in total. The van der Waals surface area contributed by atoms with Crippen molar-refractivity contribution in [2.75, 3.05) is 103 Å². The first-order valence-electron chi connectivity index (χ1n) is 38.2. The van der Waals surface area contributed by atoms with Crippen molar-refractivity contribution in [3.63, 3.8) is 0 Å². The van der Waals surface area contributed by atoms with Gasteiger partial charge >= 0.3 is 12.1 Å². The van der Waals surface area contributed by atoms with Gasteiger partial charge in [-0.15, -0.1) is 0 Å². The lowest BCUT2D eigenvalue weighted by molar-refractivity contribution is -0.235. The van der Waals surface area contributed by atoms with Crippen molar-refractivity contribution in [1.82, 2.24) is 37.2 Å². The van der Waals surface area contributed by atoms with Crippen LogP contribution in [0, 0.1) is 28.6 Å². The number of halogens is 2. The zero-order valence-corrected chi connectivity index (χ0v) is 64.3. The molecule has 12 atom stereocenters. The molecule has 0 spiro atoms. The van der Waals surface area contributed by atoms with E-state index in [0.717, 1.165) is 34.0 Å². The second kappa shape index (κ2) is 40.4. The minimum absolute atomic E-state index is 0.0238. The molecule has 0 bridgehead atoms. The molecule has 0 radical (unpaired) electrons. The van der Waals surface area contributed by atoms with Crippen molar-refractivity contribution >= 4 is 88.1 Å². The quantitative estimate of drug-likeness (QED) is 0.0252. The second-order valence-electron chi connectivity index (χ2n) is 29.6. The fraction of sp³-hybridized carbons (Fsp3) is 0.562. The van der Waals surface area contributed by atoms with Crippen molar-refractivity contribution in [2.45, 2.75) is 167 Å². The average molecular weight is 1570 g/mol. The van der Waals surface area contributed by atoms with Gasteiger partial charge in [-0.05, 0) is 122 Å². The number of allylic oxidation sites excluding steroid dienone is 5. The predicted molar refractivity (Wildman–Crippen MR) is 405 cm³/mol. The Kier molecular flexibility index (Phi) is 31.2. The Labute approximate surface area is 649 Å². The number of nitrogens with one attached hydrogen (secondary N) is 8. The number of primary amides is 1. The number of anilines is 2. The number of aliphatic hydroxyl groups excluding tert-OH is 1. The van der Waals surface area contributed by atoms with Gasteiger partial charge < -0.3 is 96.2 Å². The summed E-state index contributed by atoms with van der Waals surface area (Å²) >= 11 is 0. The Morgan fingerprint density at radius 2 is 1.40 bits per heavy atom. The van der Waals surface area contributed by atoms with Crippen molar-refractivity contribution in [3.05, 3.63) is 119 Å². The topological polar surface area (TPSA) is 407 Å². The van der Waals surface area contributed by atoms with E-state index >= 15 is 8.78 Å². The van der Waals surface area contributed by atoms with Crippen LogP contribution in [0.25, 0.3) is 11.6 Å². The van der Waals surface area contributed by atoms with Crippen LogP contribution in [0.15, 0.2) is 96.6 Å². The van der Waals surface area contributed by atoms with Gasteiger partial charge in [0, 0.05) is 60.4 Å². The maximum absolute atomic E-state index is 17.9. The third kappa shape index (κ3) is 21.5. The number of Topliss-reactive ketones (excluding diaryl/α,β-unsaturated/α-hetero) is 1. The maximum atomic E-state index is 17.9. The third-order valence-electron chi connectivity index (χ3n) is 21.7. The molecular formula is C80H106F2N10O20. The molecule has 10 amide bonds. The number of alkyl halides is 2. The Morgan fingerprint density at radius 3 is 2.12 bits per heavy atom. The van der Waals surface area contributed by atoms with Gasteiger partial charge in [0.05, 0.1) is 83.8 Å². The van der Waals surface area contributed by atoms with Crippen LogP contribution >= 0.6 is 0 Å². The lowest BCUT2D eigenvalue weighted by Gasteiger charge is -2.63. The predicted octanol–water partition coefficient (Wildman–Crippen LogP) is 5.37. The van der Waals surface area contributed by atoms with Crippen LogP contribution in [0.1, 0.15) is 128 Å². The van der Waals surface area contributed by atoms with E-state index in [4.69, 9.17) is 43.6 Å². The number of ether oxygens (including phenoxy) is 8. The lowest BCUT2D eigenvalue weighted by atomic mass is 9.44. The summed E-state index contributed by atoms with van der Waals surface area (Å²) in [6.07, 6.45) is 0.696. The molecular weight excluding hydrogens is 1460 g/mol. The van der Waals surface area contributed by atoms with Crippen molar-refractivity contribution < 1.29 is 105 Å². The zero-order chi connectivity index (χ0) is 80.8. The van der Waals surface area contributed by atoms with Gasteiger partial charge in [0.2, 0.25) is 41.4 Å². The smallest absolute Gasteiger partial charge is 0.407 e. The first-order chi connectivity index (χ1) is 53.6. The van der Waals surface area contributed by atoms with Crippen LogP contribution in [0.5, 0.6) is 0 Å². The minimum Gasteiger partial charge on any atom is -0.445 e. The number of nitrogens with zero attached hydrogens (tertiary/aromatic N) is 1. The third-order valence-corrected chi connectivity index (χ3v) is 21.7. The van der Waals surface area contributed by atoms with E-state index in [9.17, 15) is 57.8 Å². The second-order valence-corrected chi connectivity index (χ2v) is 29.6. The Balaban J connectivity index is 0.606. The molecule has 4 aliphatic carbocycles. The van der Waals surface area contributed by atoms with E-state index in [1.54, 1.807) is 37.8 Å². The van der Waals surface area contributed by atoms with Crippen LogP contribution in [0.2, 0.25) is 0 Å². The zero-order valence-electron chi connectivity index (χ0n) is 64.3. The summed E-state index contributed by atoms with van der Waals surface area (Å²) in [5, 5.41) is 32.4.